The van der Waals surface area contributed by atoms with Gasteiger partial charge in [0.05, 0.1) is 0 Å². The van der Waals surface area contributed by atoms with Crippen LogP contribution in [-0.2, 0) is 29.0 Å². The third-order valence-corrected chi connectivity index (χ3v) is 7.28. The molecule has 0 aromatic heterocycles. The van der Waals surface area contributed by atoms with Gasteiger partial charge in [0, 0.05) is 35.5 Å². The summed E-state index contributed by atoms with van der Waals surface area (Å²) in [4.78, 5) is 29.1. The van der Waals surface area contributed by atoms with Crippen LogP contribution in [0.1, 0.15) is 43.4 Å². The minimum atomic E-state index is -0.720. The Balaban J connectivity index is 1.62. The predicted molar refractivity (Wildman–Crippen MR) is 150 cm³/mol. The lowest BCUT2D eigenvalue weighted by Gasteiger charge is -2.32. The Kier molecular flexibility index (Phi) is 9.53. The number of rotatable bonds is 11. The van der Waals surface area contributed by atoms with Crippen molar-refractivity contribution in [3.05, 3.63) is 93.5 Å². The van der Waals surface area contributed by atoms with Gasteiger partial charge in [-0.2, -0.15) is 0 Å². The van der Waals surface area contributed by atoms with Gasteiger partial charge in [0.25, 0.3) is 0 Å². The van der Waals surface area contributed by atoms with Crippen molar-refractivity contribution in [3.63, 3.8) is 0 Å². The summed E-state index contributed by atoms with van der Waals surface area (Å²) >= 11 is 12.6. The van der Waals surface area contributed by atoms with E-state index in [2.05, 4.69) is 5.32 Å². The first-order valence-corrected chi connectivity index (χ1v) is 13.6. The highest BCUT2D eigenvalue weighted by Gasteiger charge is 2.31. The predicted octanol–water partition coefficient (Wildman–Crippen LogP) is 6.21. The van der Waals surface area contributed by atoms with Gasteiger partial charge in [0.15, 0.2) is 11.5 Å². The van der Waals surface area contributed by atoms with Crippen molar-refractivity contribution < 1.29 is 19.1 Å². The SMILES string of the molecule is CC[C@@H](C)NC(=O)[C@@H](Cc1ccccc1)N(Cc1ccc(Cl)cc1Cl)C(=O)CCc1ccc2c(c1)OCO2. The van der Waals surface area contributed by atoms with Crippen molar-refractivity contribution in [3.8, 4) is 11.5 Å². The number of fused-ring (bicyclic) bond motifs is 1. The zero-order chi connectivity index (χ0) is 27.1. The molecular weight excluding hydrogens is 523 g/mol. The highest BCUT2D eigenvalue weighted by Crippen LogP contribution is 2.33. The number of hydrogen-bond donors (Lipinski definition) is 1. The summed E-state index contributed by atoms with van der Waals surface area (Å²) < 4.78 is 10.9. The zero-order valence-corrected chi connectivity index (χ0v) is 23.1. The maximum Gasteiger partial charge on any atom is 0.243 e. The lowest BCUT2D eigenvalue weighted by Crippen LogP contribution is -2.52. The quantitative estimate of drug-likeness (QED) is 0.306. The molecule has 0 fully saturated rings. The Labute approximate surface area is 233 Å². The molecule has 0 radical (unpaired) electrons. The fourth-order valence-electron chi connectivity index (χ4n) is 4.32. The van der Waals surface area contributed by atoms with Gasteiger partial charge in [-0.15, -0.1) is 0 Å². The Morgan fingerprint density at radius 2 is 1.74 bits per heavy atom. The van der Waals surface area contributed by atoms with Crippen molar-refractivity contribution in [2.75, 3.05) is 6.79 Å². The van der Waals surface area contributed by atoms with Crippen molar-refractivity contribution in [1.82, 2.24) is 10.2 Å². The first-order valence-electron chi connectivity index (χ1n) is 12.8. The number of amides is 2. The summed E-state index contributed by atoms with van der Waals surface area (Å²) in [6.07, 6.45) is 1.87. The lowest BCUT2D eigenvalue weighted by molar-refractivity contribution is -0.141. The number of ether oxygens (including phenoxy) is 2. The van der Waals surface area contributed by atoms with Crippen LogP contribution in [0.4, 0.5) is 0 Å². The topological polar surface area (TPSA) is 67.9 Å². The number of benzene rings is 3. The van der Waals surface area contributed by atoms with Crippen LogP contribution in [-0.4, -0.2) is 35.6 Å². The number of nitrogens with one attached hydrogen (secondary N) is 1. The number of aryl methyl sites for hydroxylation is 1. The number of carbonyl (C=O) groups excluding carboxylic acids is 2. The summed E-state index contributed by atoms with van der Waals surface area (Å²) in [5.74, 6) is 1.04. The smallest absolute Gasteiger partial charge is 0.243 e. The Morgan fingerprint density at radius 1 is 0.974 bits per heavy atom. The Hall–Kier alpha value is -3.22. The summed E-state index contributed by atoms with van der Waals surface area (Å²) in [5, 5.41) is 4.04. The fraction of sp³-hybridized carbons (Fsp3) is 0.333. The first kappa shape index (κ1) is 27.8. The van der Waals surface area contributed by atoms with Crippen LogP contribution in [0.3, 0.4) is 0 Å². The second-order valence-electron chi connectivity index (χ2n) is 9.47. The standard InChI is InChI=1S/C30H32Cl2N2O4/c1-3-20(2)33-30(36)26(15-21-7-5-4-6-8-21)34(18-23-11-12-24(31)17-25(23)32)29(35)14-10-22-9-13-27-28(16-22)38-19-37-27/h4-9,11-13,16-17,20,26H,3,10,14-15,18-19H2,1-2H3,(H,33,36)/t20-,26-/m1/s1. The summed E-state index contributed by atoms with van der Waals surface area (Å²) in [6, 6.07) is 19.9. The van der Waals surface area contributed by atoms with E-state index in [9.17, 15) is 9.59 Å². The lowest BCUT2D eigenvalue weighted by atomic mass is 10.0. The van der Waals surface area contributed by atoms with E-state index in [1.165, 1.54) is 0 Å². The van der Waals surface area contributed by atoms with Crippen molar-refractivity contribution in [2.45, 2.75) is 58.2 Å². The second-order valence-corrected chi connectivity index (χ2v) is 10.3. The average molecular weight is 556 g/mol. The molecule has 3 aromatic rings. The molecule has 2 atom stereocenters. The number of carbonyl (C=O) groups is 2. The van der Waals surface area contributed by atoms with Crippen LogP contribution in [0, 0.1) is 0 Å². The van der Waals surface area contributed by atoms with Crippen LogP contribution < -0.4 is 14.8 Å². The van der Waals surface area contributed by atoms with Crippen LogP contribution in [0.15, 0.2) is 66.7 Å². The molecule has 8 heteroatoms. The van der Waals surface area contributed by atoms with E-state index < -0.39 is 6.04 Å². The van der Waals surface area contributed by atoms with Gasteiger partial charge in [-0.05, 0) is 60.7 Å². The van der Waals surface area contributed by atoms with Crippen molar-refractivity contribution >= 4 is 35.0 Å². The minimum absolute atomic E-state index is 0.0227. The van der Waals surface area contributed by atoms with Gasteiger partial charge in [-0.25, -0.2) is 0 Å². The maximum atomic E-state index is 13.8. The van der Waals surface area contributed by atoms with Gasteiger partial charge in [0.2, 0.25) is 18.6 Å². The molecule has 1 N–H and O–H groups in total. The van der Waals surface area contributed by atoms with E-state index >= 15 is 0 Å². The first-order chi connectivity index (χ1) is 18.3. The van der Waals surface area contributed by atoms with Crippen LogP contribution in [0.2, 0.25) is 10.0 Å². The highest BCUT2D eigenvalue weighted by molar-refractivity contribution is 6.35. The molecular formula is C30H32Cl2N2O4. The molecule has 4 rings (SSSR count). The zero-order valence-electron chi connectivity index (χ0n) is 21.6. The molecule has 1 heterocycles. The molecule has 3 aromatic carbocycles. The number of nitrogens with zero attached hydrogens (tertiary/aromatic N) is 1. The van der Waals surface area contributed by atoms with Gasteiger partial charge in [-0.3, -0.25) is 9.59 Å². The molecule has 0 saturated carbocycles. The van der Waals surface area contributed by atoms with Crippen molar-refractivity contribution in [1.29, 1.82) is 0 Å². The van der Waals surface area contributed by atoms with E-state index in [4.69, 9.17) is 32.7 Å². The monoisotopic (exact) mass is 554 g/mol. The molecule has 38 heavy (non-hydrogen) atoms. The normalized spacial score (nSPS) is 13.6. The third kappa shape index (κ3) is 7.21. The van der Waals surface area contributed by atoms with Gasteiger partial charge in [0.1, 0.15) is 6.04 Å². The van der Waals surface area contributed by atoms with Crippen molar-refractivity contribution in [2.24, 2.45) is 0 Å². The van der Waals surface area contributed by atoms with Crippen LogP contribution >= 0.6 is 23.2 Å². The van der Waals surface area contributed by atoms with E-state index in [0.29, 0.717) is 34.4 Å². The van der Waals surface area contributed by atoms with Crippen LogP contribution in [0.25, 0.3) is 0 Å². The van der Waals surface area contributed by atoms with Gasteiger partial charge < -0.3 is 19.7 Å². The summed E-state index contributed by atoms with van der Waals surface area (Å²) in [7, 11) is 0. The molecule has 1 aliphatic rings. The third-order valence-electron chi connectivity index (χ3n) is 6.69. The Morgan fingerprint density at radius 3 is 2.47 bits per heavy atom. The molecule has 0 aliphatic carbocycles. The largest absolute Gasteiger partial charge is 0.454 e. The Bertz CT molecular complexity index is 1270. The molecule has 200 valence electrons. The van der Waals surface area contributed by atoms with E-state index in [0.717, 1.165) is 23.1 Å². The highest BCUT2D eigenvalue weighted by atomic mass is 35.5. The van der Waals surface area contributed by atoms with Gasteiger partial charge in [-0.1, -0.05) is 72.6 Å². The molecule has 6 nitrogen and oxygen atoms in total. The molecule has 0 spiro atoms. The maximum absolute atomic E-state index is 13.8. The number of halogens is 2. The van der Waals surface area contributed by atoms with Gasteiger partial charge >= 0.3 is 0 Å². The molecule has 0 bridgehead atoms. The second kappa shape index (κ2) is 13.0. The fourth-order valence-corrected chi connectivity index (χ4v) is 4.79. The molecule has 0 saturated heterocycles. The van der Waals surface area contributed by atoms with E-state index in [-0.39, 0.29) is 37.6 Å². The molecule has 1 aliphatic heterocycles. The average Bonchev–Trinajstić information content (AvgIpc) is 3.39. The van der Waals surface area contributed by atoms with Crippen LogP contribution in [0.5, 0.6) is 11.5 Å². The molecule has 0 unspecified atom stereocenters. The summed E-state index contributed by atoms with van der Waals surface area (Å²) in [5.41, 5.74) is 2.64. The van der Waals surface area contributed by atoms with E-state index in [1.807, 2.05) is 62.4 Å². The minimum Gasteiger partial charge on any atom is -0.454 e. The number of hydrogen-bond acceptors (Lipinski definition) is 4. The molecule has 2 amide bonds. The summed E-state index contributed by atoms with van der Waals surface area (Å²) in [6.45, 7) is 4.35. The van der Waals surface area contributed by atoms with E-state index in [1.54, 1.807) is 23.1 Å².